The van der Waals surface area contributed by atoms with Gasteiger partial charge in [0.15, 0.2) is 0 Å². The Labute approximate surface area is 118 Å². The van der Waals surface area contributed by atoms with Crippen molar-refractivity contribution in [1.82, 2.24) is 5.32 Å². The molecule has 1 rings (SSSR count). The molecule has 0 aromatic heterocycles. The maximum Gasteiger partial charge on any atom is 0.222 e. The number of benzene rings is 1. The molecule has 1 amide bonds. The van der Waals surface area contributed by atoms with Crippen LogP contribution in [0.15, 0.2) is 18.2 Å². The number of hydrogen-bond donors (Lipinski definition) is 2. The highest BCUT2D eigenvalue weighted by atomic mass is 35.5. The van der Waals surface area contributed by atoms with E-state index in [1.807, 2.05) is 13.0 Å². The van der Waals surface area contributed by atoms with Crippen LogP contribution in [0.3, 0.4) is 0 Å². The molecular weight excluding hydrogens is 271 g/mol. The summed E-state index contributed by atoms with van der Waals surface area (Å²) in [5.41, 5.74) is 6.39. The third kappa shape index (κ3) is 4.84. The van der Waals surface area contributed by atoms with Crippen molar-refractivity contribution in [3.63, 3.8) is 0 Å². The molecule has 0 radical (unpaired) electrons. The third-order valence-corrected chi connectivity index (χ3v) is 3.34. The maximum absolute atomic E-state index is 11.6. The maximum atomic E-state index is 11.6. The van der Waals surface area contributed by atoms with Gasteiger partial charge in [0.05, 0.1) is 0 Å². The Balaban J connectivity index is 2.39. The molecule has 5 heteroatoms. The van der Waals surface area contributed by atoms with E-state index in [0.29, 0.717) is 36.0 Å². The van der Waals surface area contributed by atoms with Crippen LogP contribution in [-0.4, -0.2) is 19.0 Å². The van der Waals surface area contributed by atoms with Crippen molar-refractivity contribution >= 4 is 29.1 Å². The van der Waals surface area contributed by atoms with Crippen molar-refractivity contribution in [2.24, 2.45) is 11.7 Å². The molecule has 100 valence electrons. The minimum absolute atomic E-state index is 0.0329. The first-order valence-corrected chi connectivity index (χ1v) is 6.72. The molecule has 0 spiro atoms. The van der Waals surface area contributed by atoms with Gasteiger partial charge in [-0.3, -0.25) is 4.79 Å². The second-order valence-electron chi connectivity index (χ2n) is 4.26. The number of carbonyl (C=O) groups is 1. The molecule has 0 aliphatic heterocycles. The number of hydrogen-bond acceptors (Lipinski definition) is 2. The average molecular weight is 289 g/mol. The Hall–Kier alpha value is -0.770. The van der Waals surface area contributed by atoms with Crippen molar-refractivity contribution in [2.75, 3.05) is 13.1 Å². The van der Waals surface area contributed by atoms with Gasteiger partial charge in [-0.25, -0.2) is 0 Å². The number of halogens is 2. The number of amides is 1. The molecule has 3 nitrogen and oxygen atoms in total. The first-order valence-electron chi connectivity index (χ1n) is 5.96. The molecule has 1 aromatic rings. The Kier molecular flexibility index (Phi) is 6.47. The van der Waals surface area contributed by atoms with Crippen molar-refractivity contribution in [2.45, 2.75) is 19.8 Å². The molecule has 1 aromatic carbocycles. The summed E-state index contributed by atoms with van der Waals surface area (Å²) in [6.45, 7) is 2.96. The lowest BCUT2D eigenvalue weighted by atomic mass is 10.1. The molecule has 0 bridgehead atoms. The van der Waals surface area contributed by atoms with E-state index in [1.165, 1.54) is 0 Å². The fraction of sp³-hybridized carbons (Fsp3) is 0.462. The molecular formula is C13H18Cl2N2O. The number of nitrogens with two attached hydrogens (primary N) is 1. The monoisotopic (exact) mass is 288 g/mol. The van der Waals surface area contributed by atoms with Crippen LogP contribution in [0, 0.1) is 5.92 Å². The zero-order chi connectivity index (χ0) is 13.5. The molecule has 0 aliphatic rings. The molecule has 1 unspecified atom stereocenters. The normalized spacial score (nSPS) is 12.2. The lowest BCUT2D eigenvalue weighted by Crippen LogP contribution is -2.31. The molecule has 3 N–H and O–H groups in total. The van der Waals surface area contributed by atoms with E-state index in [1.54, 1.807) is 12.1 Å². The van der Waals surface area contributed by atoms with Gasteiger partial charge in [0.2, 0.25) is 5.91 Å². The number of nitrogens with one attached hydrogen (secondary N) is 1. The van der Waals surface area contributed by atoms with Crippen molar-refractivity contribution in [3.05, 3.63) is 33.8 Å². The number of rotatable bonds is 6. The fourth-order valence-corrected chi connectivity index (χ4v) is 2.10. The predicted octanol–water partition coefficient (Wildman–Crippen LogP) is 2.64. The summed E-state index contributed by atoms with van der Waals surface area (Å²) >= 11 is 11.9. The largest absolute Gasteiger partial charge is 0.356 e. The minimum atomic E-state index is -0.0457. The van der Waals surface area contributed by atoms with Crippen LogP contribution in [0.25, 0.3) is 0 Å². The Bertz CT molecular complexity index is 410. The average Bonchev–Trinajstić information content (AvgIpc) is 2.32. The van der Waals surface area contributed by atoms with Crippen LogP contribution in [0.4, 0.5) is 0 Å². The van der Waals surface area contributed by atoms with Crippen LogP contribution in [0.1, 0.15) is 18.9 Å². The van der Waals surface area contributed by atoms with E-state index in [-0.39, 0.29) is 11.8 Å². The first-order chi connectivity index (χ1) is 8.54. The van der Waals surface area contributed by atoms with E-state index < -0.39 is 0 Å². The second kappa shape index (κ2) is 7.62. The fourth-order valence-electron chi connectivity index (χ4n) is 1.60. The smallest absolute Gasteiger partial charge is 0.222 e. The molecule has 0 saturated heterocycles. The van der Waals surface area contributed by atoms with Crippen molar-refractivity contribution in [3.8, 4) is 0 Å². The standard InChI is InChI=1S/C13H18Cl2N2O/c1-9(4-6-16)13(18)17-7-5-10-2-3-11(14)8-12(10)15/h2-3,8-9H,4-7,16H2,1H3,(H,17,18). The predicted molar refractivity (Wildman–Crippen MR) is 76.0 cm³/mol. The van der Waals surface area contributed by atoms with Crippen LogP contribution >= 0.6 is 23.2 Å². The van der Waals surface area contributed by atoms with E-state index >= 15 is 0 Å². The molecule has 0 aliphatic carbocycles. The first kappa shape index (κ1) is 15.3. The van der Waals surface area contributed by atoms with Gasteiger partial charge in [0.25, 0.3) is 0 Å². The van der Waals surface area contributed by atoms with Gasteiger partial charge in [-0.1, -0.05) is 36.2 Å². The Morgan fingerprint density at radius 2 is 2.17 bits per heavy atom. The SMILES string of the molecule is CC(CCN)C(=O)NCCc1ccc(Cl)cc1Cl. The highest BCUT2D eigenvalue weighted by Gasteiger charge is 2.11. The van der Waals surface area contributed by atoms with Crippen molar-refractivity contribution < 1.29 is 4.79 Å². The molecule has 0 fully saturated rings. The van der Waals surface area contributed by atoms with Crippen molar-refractivity contribution in [1.29, 1.82) is 0 Å². The van der Waals surface area contributed by atoms with Crippen LogP contribution in [0.5, 0.6) is 0 Å². The van der Waals surface area contributed by atoms with Gasteiger partial charge >= 0.3 is 0 Å². The lowest BCUT2D eigenvalue weighted by Gasteiger charge is -2.11. The summed E-state index contributed by atoms with van der Waals surface area (Å²) in [7, 11) is 0. The Morgan fingerprint density at radius 3 is 2.78 bits per heavy atom. The molecule has 1 atom stereocenters. The van der Waals surface area contributed by atoms with Crippen LogP contribution in [-0.2, 0) is 11.2 Å². The minimum Gasteiger partial charge on any atom is -0.356 e. The van der Waals surface area contributed by atoms with Crippen LogP contribution < -0.4 is 11.1 Å². The van der Waals surface area contributed by atoms with E-state index in [4.69, 9.17) is 28.9 Å². The molecule has 18 heavy (non-hydrogen) atoms. The van der Waals surface area contributed by atoms with Gasteiger partial charge < -0.3 is 11.1 Å². The summed E-state index contributed by atoms with van der Waals surface area (Å²) in [5, 5.41) is 4.12. The summed E-state index contributed by atoms with van der Waals surface area (Å²) in [4.78, 5) is 11.6. The van der Waals surface area contributed by atoms with Gasteiger partial charge in [-0.05, 0) is 37.1 Å². The van der Waals surface area contributed by atoms with Gasteiger partial charge in [-0.2, -0.15) is 0 Å². The van der Waals surface area contributed by atoms with Gasteiger partial charge in [-0.15, -0.1) is 0 Å². The van der Waals surface area contributed by atoms with E-state index in [2.05, 4.69) is 5.32 Å². The third-order valence-electron chi connectivity index (χ3n) is 2.76. The van der Waals surface area contributed by atoms with Crippen LogP contribution in [0.2, 0.25) is 10.0 Å². The summed E-state index contributed by atoms with van der Waals surface area (Å²) in [5.74, 6) is -0.0128. The highest BCUT2D eigenvalue weighted by molar-refractivity contribution is 6.35. The summed E-state index contributed by atoms with van der Waals surface area (Å²) < 4.78 is 0. The van der Waals surface area contributed by atoms with E-state index in [0.717, 1.165) is 5.56 Å². The zero-order valence-electron chi connectivity index (χ0n) is 10.4. The quantitative estimate of drug-likeness (QED) is 0.846. The van der Waals surface area contributed by atoms with E-state index in [9.17, 15) is 4.79 Å². The Morgan fingerprint density at radius 1 is 1.44 bits per heavy atom. The lowest BCUT2D eigenvalue weighted by molar-refractivity contribution is -0.124. The van der Waals surface area contributed by atoms with Gasteiger partial charge in [0, 0.05) is 22.5 Å². The molecule has 0 saturated carbocycles. The number of carbonyl (C=O) groups excluding carboxylic acids is 1. The second-order valence-corrected chi connectivity index (χ2v) is 5.10. The summed E-state index contributed by atoms with van der Waals surface area (Å²) in [6, 6.07) is 5.37. The highest BCUT2D eigenvalue weighted by Crippen LogP contribution is 2.21. The summed E-state index contributed by atoms with van der Waals surface area (Å²) in [6.07, 6.45) is 1.39. The van der Waals surface area contributed by atoms with Gasteiger partial charge in [0.1, 0.15) is 0 Å². The topological polar surface area (TPSA) is 55.1 Å². The zero-order valence-corrected chi connectivity index (χ0v) is 11.9. The molecule has 0 heterocycles.